The topological polar surface area (TPSA) is 58.7 Å². The van der Waals surface area contributed by atoms with Crippen molar-refractivity contribution in [2.45, 2.75) is 63.0 Å². The summed E-state index contributed by atoms with van der Waals surface area (Å²) in [5.41, 5.74) is 0.282. The molecule has 0 spiro atoms. The number of amidine groups is 1. The smallest absolute Gasteiger partial charge is 0.366 e. The second-order valence-electron chi connectivity index (χ2n) is 7.84. The van der Waals surface area contributed by atoms with E-state index in [1.807, 2.05) is 0 Å². The van der Waals surface area contributed by atoms with Crippen molar-refractivity contribution in [3.8, 4) is 0 Å². The Morgan fingerprint density at radius 2 is 1.55 bits per heavy atom. The normalized spacial score (nSPS) is 22.7. The summed E-state index contributed by atoms with van der Waals surface area (Å²) in [7, 11) is 1.46. The molecular formula is C20H23F6N3OS. The van der Waals surface area contributed by atoms with Crippen LogP contribution in [0.25, 0.3) is 0 Å². The number of carbonyl (C=O) groups is 1. The fourth-order valence-electron chi connectivity index (χ4n) is 4.07. The maximum atomic E-state index is 13.8. The second-order valence-corrected chi connectivity index (χ2v) is 8.83. The van der Waals surface area contributed by atoms with Gasteiger partial charge in [0, 0.05) is 18.4 Å². The van der Waals surface area contributed by atoms with Crippen LogP contribution in [0.5, 0.6) is 0 Å². The summed E-state index contributed by atoms with van der Waals surface area (Å²) in [5, 5.41) is 0.442. The zero-order chi connectivity index (χ0) is 23.0. The summed E-state index contributed by atoms with van der Waals surface area (Å²) in [6, 6.07) is -0.352. The summed E-state index contributed by atoms with van der Waals surface area (Å²) in [4.78, 5) is 17.4. The Bertz CT molecular complexity index is 824. The van der Waals surface area contributed by atoms with E-state index in [-0.39, 0.29) is 11.8 Å². The Morgan fingerprint density at radius 3 is 2.00 bits per heavy atom. The third kappa shape index (κ3) is 5.30. The standard InChI is InChI=1S/C20H23F6N3OS/c1-29-15(10-31-18(29)28-12-6-4-2-3-5-7-12)16-13(19(21,22)23)8-11(17(27)30)9-14(16)20(24,25)26/h8-9,12,15H,2-7,10H2,1H3,(H2,27,30). The van der Waals surface area contributed by atoms with Crippen LogP contribution in [0.1, 0.15) is 71.6 Å². The number of alkyl halides is 6. The van der Waals surface area contributed by atoms with Gasteiger partial charge in [0.25, 0.3) is 0 Å². The Balaban J connectivity index is 2.07. The molecular weight excluding hydrogens is 444 g/mol. The third-order valence-electron chi connectivity index (χ3n) is 5.67. The number of nitrogens with zero attached hydrogens (tertiary/aromatic N) is 2. The van der Waals surface area contributed by atoms with E-state index in [2.05, 4.69) is 4.99 Å². The van der Waals surface area contributed by atoms with Gasteiger partial charge in [-0.25, -0.2) is 0 Å². The van der Waals surface area contributed by atoms with Gasteiger partial charge < -0.3 is 10.6 Å². The molecule has 11 heteroatoms. The summed E-state index contributed by atoms with van der Waals surface area (Å²) >= 11 is 1.15. The molecule has 1 amide bonds. The van der Waals surface area contributed by atoms with E-state index in [1.165, 1.54) is 11.9 Å². The van der Waals surface area contributed by atoms with Crippen LogP contribution in [-0.2, 0) is 12.4 Å². The highest BCUT2D eigenvalue weighted by molar-refractivity contribution is 8.14. The van der Waals surface area contributed by atoms with Crippen LogP contribution in [-0.4, -0.2) is 34.8 Å². The van der Waals surface area contributed by atoms with Crippen LogP contribution in [0.2, 0.25) is 0 Å². The van der Waals surface area contributed by atoms with Gasteiger partial charge in [0.05, 0.1) is 23.2 Å². The van der Waals surface area contributed by atoms with E-state index in [0.29, 0.717) is 17.3 Å². The lowest BCUT2D eigenvalue weighted by atomic mass is 9.91. The first-order valence-electron chi connectivity index (χ1n) is 9.95. The van der Waals surface area contributed by atoms with E-state index in [1.54, 1.807) is 0 Å². The zero-order valence-corrected chi connectivity index (χ0v) is 17.6. The SMILES string of the molecule is CN1C(=NC2CCCCCC2)SCC1c1c(C(F)(F)F)cc(C(N)=O)cc1C(F)(F)F. The molecule has 1 aliphatic carbocycles. The Morgan fingerprint density at radius 1 is 1.03 bits per heavy atom. The van der Waals surface area contributed by atoms with Crippen molar-refractivity contribution in [3.63, 3.8) is 0 Å². The molecule has 1 saturated heterocycles. The van der Waals surface area contributed by atoms with Crippen molar-refractivity contribution in [1.82, 2.24) is 4.90 Å². The number of rotatable bonds is 3. The number of carbonyl (C=O) groups excluding carboxylic acids is 1. The first kappa shape index (κ1) is 23.7. The number of halogens is 6. The number of amides is 1. The molecule has 31 heavy (non-hydrogen) atoms. The van der Waals surface area contributed by atoms with Crippen molar-refractivity contribution in [1.29, 1.82) is 0 Å². The zero-order valence-electron chi connectivity index (χ0n) is 16.8. The molecule has 1 unspecified atom stereocenters. The molecule has 1 aliphatic heterocycles. The molecule has 1 aromatic rings. The number of hydrogen-bond donors (Lipinski definition) is 1. The van der Waals surface area contributed by atoms with Gasteiger partial charge in [0.15, 0.2) is 5.17 Å². The van der Waals surface area contributed by atoms with Gasteiger partial charge >= 0.3 is 12.4 Å². The van der Waals surface area contributed by atoms with Crippen LogP contribution in [0.3, 0.4) is 0 Å². The highest BCUT2D eigenvalue weighted by Crippen LogP contribution is 2.47. The fourth-order valence-corrected chi connectivity index (χ4v) is 5.32. The molecule has 2 N–H and O–H groups in total. The maximum absolute atomic E-state index is 13.8. The third-order valence-corrected chi connectivity index (χ3v) is 6.80. The second kappa shape index (κ2) is 8.91. The molecule has 0 radical (unpaired) electrons. The van der Waals surface area contributed by atoms with Gasteiger partial charge in [0.2, 0.25) is 5.91 Å². The van der Waals surface area contributed by atoms with E-state index in [9.17, 15) is 31.1 Å². The number of thioether (sulfide) groups is 1. The highest BCUT2D eigenvalue weighted by atomic mass is 32.2. The molecule has 1 heterocycles. The van der Waals surface area contributed by atoms with E-state index < -0.39 is 46.6 Å². The van der Waals surface area contributed by atoms with Gasteiger partial charge in [-0.15, -0.1) is 0 Å². The van der Waals surface area contributed by atoms with Crippen LogP contribution < -0.4 is 5.73 Å². The molecule has 172 valence electrons. The molecule has 2 fully saturated rings. The minimum absolute atomic E-state index is 0.00979. The predicted molar refractivity (Wildman–Crippen MR) is 107 cm³/mol. The molecule has 1 saturated carbocycles. The lowest BCUT2D eigenvalue weighted by molar-refractivity contribution is -0.145. The Kier molecular flexibility index (Phi) is 6.83. The van der Waals surface area contributed by atoms with Crippen molar-refractivity contribution >= 4 is 22.8 Å². The van der Waals surface area contributed by atoms with Gasteiger partial charge in [-0.1, -0.05) is 37.4 Å². The van der Waals surface area contributed by atoms with E-state index in [4.69, 9.17) is 5.73 Å². The first-order chi connectivity index (χ1) is 14.4. The largest absolute Gasteiger partial charge is 0.416 e. The quantitative estimate of drug-likeness (QED) is 0.464. The number of aliphatic imine (C=N–C) groups is 1. The van der Waals surface area contributed by atoms with E-state index in [0.717, 1.165) is 50.3 Å². The number of hydrogen-bond acceptors (Lipinski definition) is 3. The van der Waals surface area contributed by atoms with Crippen molar-refractivity contribution in [2.24, 2.45) is 10.7 Å². The van der Waals surface area contributed by atoms with Gasteiger partial charge in [0.1, 0.15) is 0 Å². The van der Waals surface area contributed by atoms with Crippen LogP contribution in [0.15, 0.2) is 17.1 Å². The maximum Gasteiger partial charge on any atom is 0.416 e. The number of benzene rings is 1. The van der Waals surface area contributed by atoms with Crippen LogP contribution >= 0.6 is 11.8 Å². The molecule has 2 aliphatic rings. The van der Waals surface area contributed by atoms with Crippen molar-refractivity contribution in [3.05, 3.63) is 34.4 Å². The summed E-state index contributed by atoms with van der Waals surface area (Å²) < 4.78 is 82.7. The number of nitrogens with two attached hydrogens (primary N) is 1. The summed E-state index contributed by atoms with van der Waals surface area (Å²) in [6.07, 6.45) is -4.25. The molecule has 0 aromatic heterocycles. The lowest BCUT2D eigenvalue weighted by Crippen LogP contribution is -2.30. The minimum Gasteiger partial charge on any atom is -0.366 e. The summed E-state index contributed by atoms with van der Waals surface area (Å²) in [5.74, 6) is -1.36. The lowest BCUT2D eigenvalue weighted by Gasteiger charge is -2.28. The van der Waals surface area contributed by atoms with Crippen LogP contribution in [0.4, 0.5) is 26.3 Å². The summed E-state index contributed by atoms with van der Waals surface area (Å²) in [6.45, 7) is 0. The minimum atomic E-state index is -5.09. The Hall–Kier alpha value is -1.91. The Labute approximate surface area is 180 Å². The van der Waals surface area contributed by atoms with Gasteiger partial charge in [-0.05, 0) is 30.5 Å². The first-order valence-corrected chi connectivity index (χ1v) is 10.9. The van der Waals surface area contributed by atoms with Gasteiger partial charge in [-0.3, -0.25) is 9.79 Å². The predicted octanol–water partition coefficient (Wildman–Crippen LogP) is 5.62. The van der Waals surface area contributed by atoms with Crippen molar-refractivity contribution < 1.29 is 31.1 Å². The highest BCUT2D eigenvalue weighted by Gasteiger charge is 2.46. The van der Waals surface area contributed by atoms with Crippen LogP contribution in [0, 0.1) is 0 Å². The molecule has 0 bridgehead atoms. The average Bonchev–Trinajstić information content (AvgIpc) is 2.85. The monoisotopic (exact) mass is 467 g/mol. The fraction of sp³-hybridized carbons (Fsp3) is 0.600. The number of primary amides is 1. The van der Waals surface area contributed by atoms with Gasteiger partial charge in [-0.2, -0.15) is 26.3 Å². The van der Waals surface area contributed by atoms with E-state index >= 15 is 0 Å². The molecule has 3 rings (SSSR count). The van der Waals surface area contributed by atoms with Crippen molar-refractivity contribution in [2.75, 3.05) is 12.8 Å². The molecule has 1 atom stereocenters. The average molecular weight is 467 g/mol. The molecule has 4 nitrogen and oxygen atoms in total. The molecule has 1 aromatic carbocycles.